The number of nitrogens with one attached hydrogen (secondary N) is 1. The average molecular weight is 380 g/mol. The van der Waals surface area contributed by atoms with Crippen LogP contribution in [0.5, 0.6) is 0 Å². The van der Waals surface area contributed by atoms with Crippen molar-refractivity contribution < 1.29 is 19.1 Å². The molecule has 2 aromatic carbocycles. The van der Waals surface area contributed by atoms with Crippen LogP contribution in [0.15, 0.2) is 54.6 Å². The molecule has 2 aromatic rings. The highest BCUT2D eigenvalue weighted by Gasteiger charge is 2.20. The van der Waals surface area contributed by atoms with Crippen molar-refractivity contribution in [1.29, 1.82) is 0 Å². The molecule has 28 heavy (non-hydrogen) atoms. The Morgan fingerprint density at radius 3 is 2.46 bits per heavy atom. The third-order valence-electron chi connectivity index (χ3n) is 4.75. The van der Waals surface area contributed by atoms with Crippen LogP contribution in [0, 0.1) is 0 Å². The van der Waals surface area contributed by atoms with Gasteiger partial charge in [0.05, 0.1) is 11.6 Å². The van der Waals surface area contributed by atoms with Crippen LogP contribution >= 0.6 is 0 Å². The summed E-state index contributed by atoms with van der Waals surface area (Å²) >= 11 is 0. The van der Waals surface area contributed by atoms with Gasteiger partial charge in [0.25, 0.3) is 5.91 Å². The van der Waals surface area contributed by atoms with Gasteiger partial charge >= 0.3 is 5.97 Å². The lowest BCUT2D eigenvalue weighted by Gasteiger charge is -2.15. The lowest BCUT2D eigenvalue weighted by Crippen LogP contribution is -2.31. The summed E-state index contributed by atoms with van der Waals surface area (Å²) in [6, 6.07) is 16.3. The van der Waals surface area contributed by atoms with E-state index in [-0.39, 0.29) is 24.5 Å². The first-order valence-electron chi connectivity index (χ1n) is 9.41. The van der Waals surface area contributed by atoms with Crippen LogP contribution in [0.3, 0.4) is 0 Å². The first-order valence-corrected chi connectivity index (χ1v) is 9.41. The molecule has 1 aliphatic rings. The molecule has 0 unspecified atom stereocenters. The molecule has 0 spiro atoms. The van der Waals surface area contributed by atoms with Crippen LogP contribution in [0.4, 0.5) is 0 Å². The van der Waals surface area contributed by atoms with Crippen molar-refractivity contribution in [2.45, 2.75) is 32.4 Å². The summed E-state index contributed by atoms with van der Waals surface area (Å²) in [5, 5.41) is 2.80. The molecule has 3 rings (SSSR count). The fourth-order valence-corrected chi connectivity index (χ4v) is 3.16. The molecule has 0 saturated carbocycles. The van der Waals surface area contributed by atoms with Gasteiger partial charge in [-0.3, -0.25) is 9.59 Å². The lowest BCUT2D eigenvalue weighted by atomic mass is 10.1. The Labute approximate surface area is 164 Å². The van der Waals surface area contributed by atoms with E-state index in [4.69, 9.17) is 4.74 Å². The Morgan fingerprint density at radius 2 is 1.82 bits per heavy atom. The standard InChI is InChI=1S/C22H24N2O4/c1-16(18-6-3-2-4-7-18)23-20(25)15-28-22(27)19-11-9-17(10-12-19)14-24-13-5-8-21(24)26/h2-4,6-7,9-12,16H,5,8,13-15H2,1H3,(H,23,25)/t16-/m1/s1. The highest BCUT2D eigenvalue weighted by Crippen LogP contribution is 2.15. The zero-order chi connectivity index (χ0) is 19.9. The molecule has 2 amide bonds. The SMILES string of the molecule is C[C@@H](NC(=O)COC(=O)c1ccc(CN2CCCC2=O)cc1)c1ccccc1. The Bertz CT molecular complexity index is 833. The maximum Gasteiger partial charge on any atom is 0.338 e. The maximum atomic E-state index is 12.1. The van der Waals surface area contributed by atoms with Crippen molar-refractivity contribution in [1.82, 2.24) is 10.2 Å². The van der Waals surface area contributed by atoms with Crippen LogP contribution in [0.1, 0.15) is 47.3 Å². The van der Waals surface area contributed by atoms with E-state index in [1.54, 1.807) is 24.3 Å². The fourth-order valence-electron chi connectivity index (χ4n) is 3.16. The molecule has 1 N–H and O–H groups in total. The molecule has 1 saturated heterocycles. The number of likely N-dealkylation sites (tertiary alicyclic amines) is 1. The average Bonchev–Trinajstić information content (AvgIpc) is 3.12. The second-order valence-corrected chi connectivity index (χ2v) is 6.89. The van der Waals surface area contributed by atoms with E-state index in [2.05, 4.69) is 5.32 Å². The molecular formula is C22H24N2O4. The molecule has 146 valence electrons. The molecular weight excluding hydrogens is 356 g/mol. The number of benzene rings is 2. The fraction of sp³-hybridized carbons (Fsp3) is 0.318. The molecule has 1 aliphatic heterocycles. The number of esters is 1. The van der Waals surface area contributed by atoms with E-state index in [0.717, 1.165) is 24.1 Å². The highest BCUT2D eigenvalue weighted by molar-refractivity contribution is 5.91. The van der Waals surface area contributed by atoms with E-state index in [1.165, 1.54) is 0 Å². The first-order chi connectivity index (χ1) is 13.5. The predicted octanol–water partition coefficient (Wildman–Crippen LogP) is 2.84. The maximum absolute atomic E-state index is 12.1. The Morgan fingerprint density at radius 1 is 1.11 bits per heavy atom. The number of rotatable bonds is 7. The minimum absolute atomic E-state index is 0.166. The monoisotopic (exact) mass is 380 g/mol. The van der Waals surface area contributed by atoms with Crippen molar-refractivity contribution >= 4 is 17.8 Å². The smallest absolute Gasteiger partial charge is 0.338 e. The van der Waals surface area contributed by atoms with Crippen molar-refractivity contribution in [2.75, 3.05) is 13.2 Å². The molecule has 1 heterocycles. The summed E-state index contributed by atoms with van der Waals surface area (Å²) in [4.78, 5) is 37.7. The Balaban J connectivity index is 1.46. The lowest BCUT2D eigenvalue weighted by molar-refractivity contribution is -0.128. The summed E-state index contributed by atoms with van der Waals surface area (Å²) in [7, 11) is 0. The van der Waals surface area contributed by atoms with E-state index < -0.39 is 5.97 Å². The third-order valence-corrected chi connectivity index (χ3v) is 4.75. The van der Waals surface area contributed by atoms with Crippen LogP contribution in [-0.4, -0.2) is 35.8 Å². The molecule has 0 radical (unpaired) electrons. The number of carbonyl (C=O) groups excluding carboxylic acids is 3. The van der Waals surface area contributed by atoms with Gasteiger partial charge in [0, 0.05) is 19.5 Å². The van der Waals surface area contributed by atoms with Gasteiger partial charge in [-0.25, -0.2) is 4.79 Å². The summed E-state index contributed by atoms with van der Waals surface area (Å²) < 4.78 is 5.10. The predicted molar refractivity (Wildman–Crippen MR) is 104 cm³/mol. The molecule has 0 bridgehead atoms. The van der Waals surface area contributed by atoms with Gasteiger partial charge in [0.1, 0.15) is 0 Å². The van der Waals surface area contributed by atoms with Crippen LogP contribution in [0.2, 0.25) is 0 Å². The van der Waals surface area contributed by atoms with Gasteiger partial charge in [0.2, 0.25) is 5.91 Å². The quantitative estimate of drug-likeness (QED) is 0.750. The van der Waals surface area contributed by atoms with Crippen molar-refractivity contribution in [3.8, 4) is 0 Å². The minimum atomic E-state index is -0.550. The topological polar surface area (TPSA) is 75.7 Å². The summed E-state index contributed by atoms with van der Waals surface area (Å²) in [6.45, 7) is 2.87. The van der Waals surface area contributed by atoms with Crippen LogP contribution < -0.4 is 5.32 Å². The summed E-state index contributed by atoms with van der Waals surface area (Å²) in [5.74, 6) is -0.737. The van der Waals surface area contributed by atoms with Crippen molar-refractivity contribution in [3.63, 3.8) is 0 Å². The molecule has 6 heteroatoms. The van der Waals surface area contributed by atoms with Gasteiger partial charge in [-0.05, 0) is 36.6 Å². The molecule has 0 aromatic heterocycles. The van der Waals surface area contributed by atoms with E-state index in [1.807, 2.05) is 42.2 Å². The molecule has 0 aliphatic carbocycles. The third kappa shape index (κ3) is 5.19. The van der Waals surface area contributed by atoms with Crippen LogP contribution in [-0.2, 0) is 20.9 Å². The van der Waals surface area contributed by atoms with Crippen molar-refractivity contribution in [3.05, 3.63) is 71.3 Å². The zero-order valence-electron chi connectivity index (χ0n) is 15.9. The molecule has 6 nitrogen and oxygen atoms in total. The van der Waals surface area contributed by atoms with E-state index in [0.29, 0.717) is 18.5 Å². The molecule has 1 atom stereocenters. The first kappa shape index (κ1) is 19.6. The second kappa shape index (κ2) is 9.17. The Kier molecular flexibility index (Phi) is 6.42. The van der Waals surface area contributed by atoms with Gasteiger partial charge < -0.3 is 15.0 Å². The van der Waals surface area contributed by atoms with Gasteiger partial charge in [-0.15, -0.1) is 0 Å². The Hall–Kier alpha value is -3.15. The van der Waals surface area contributed by atoms with E-state index >= 15 is 0 Å². The largest absolute Gasteiger partial charge is 0.452 e. The van der Waals surface area contributed by atoms with Gasteiger partial charge in [-0.1, -0.05) is 42.5 Å². The summed E-state index contributed by atoms with van der Waals surface area (Å²) in [6.07, 6.45) is 1.50. The molecule has 1 fully saturated rings. The number of ether oxygens (including phenoxy) is 1. The number of hydrogen-bond donors (Lipinski definition) is 1. The second-order valence-electron chi connectivity index (χ2n) is 6.89. The van der Waals surface area contributed by atoms with Crippen molar-refractivity contribution in [2.24, 2.45) is 0 Å². The van der Waals surface area contributed by atoms with Gasteiger partial charge in [-0.2, -0.15) is 0 Å². The zero-order valence-corrected chi connectivity index (χ0v) is 15.9. The van der Waals surface area contributed by atoms with Gasteiger partial charge in [0.15, 0.2) is 6.61 Å². The number of amides is 2. The minimum Gasteiger partial charge on any atom is -0.452 e. The summed E-state index contributed by atoms with van der Waals surface area (Å²) in [5.41, 5.74) is 2.32. The van der Waals surface area contributed by atoms with E-state index in [9.17, 15) is 14.4 Å². The van der Waals surface area contributed by atoms with Crippen LogP contribution in [0.25, 0.3) is 0 Å². The number of nitrogens with zero attached hydrogens (tertiary/aromatic N) is 1. The highest BCUT2D eigenvalue weighted by atomic mass is 16.5. The number of hydrogen-bond acceptors (Lipinski definition) is 4. The normalized spacial score (nSPS) is 14.6. The number of carbonyl (C=O) groups is 3.